The van der Waals surface area contributed by atoms with Crippen molar-refractivity contribution in [3.8, 4) is 5.75 Å². The minimum Gasteiger partial charge on any atom is -0.506 e. The zero-order valence-corrected chi connectivity index (χ0v) is 15.6. The number of esters is 2. The van der Waals surface area contributed by atoms with Crippen LogP contribution in [0.2, 0.25) is 0 Å². The number of imidazole rings is 1. The van der Waals surface area contributed by atoms with Crippen LogP contribution in [0.1, 0.15) is 34.6 Å². The molecule has 0 spiro atoms. The van der Waals surface area contributed by atoms with E-state index in [2.05, 4.69) is 15.0 Å². The van der Waals surface area contributed by atoms with E-state index < -0.39 is 34.4 Å². The van der Waals surface area contributed by atoms with Crippen molar-refractivity contribution in [2.45, 2.75) is 13.8 Å². The van der Waals surface area contributed by atoms with Gasteiger partial charge in [0, 0.05) is 0 Å². The summed E-state index contributed by atoms with van der Waals surface area (Å²) < 4.78 is 10.9. The molecule has 0 atom stereocenters. The number of pyridine rings is 1. The van der Waals surface area contributed by atoms with Gasteiger partial charge >= 0.3 is 11.9 Å². The number of carbonyl (C=O) groups excluding carboxylic acids is 2. The number of nitrogens with one attached hydrogen (secondary N) is 1. The second-order valence-electron chi connectivity index (χ2n) is 6.04. The molecule has 0 aliphatic carbocycles. The highest BCUT2D eigenvalue weighted by Gasteiger charge is 2.31. The first-order valence-corrected chi connectivity index (χ1v) is 8.88. The molecule has 1 aromatic carbocycles. The molecule has 0 amide bonds. The maximum absolute atomic E-state index is 13.1. The first-order chi connectivity index (χ1) is 14.0. The lowest BCUT2D eigenvalue weighted by Crippen LogP contribution is -2.26. The van der Waals surface area contributed by atoms with Gasteiger partial charge in [0.05, 0.1) is 24.2 Å². The van der Waals surface area contributed by atoms with Crippen LogP contribution in [0.4, 0.5) is 0 Å². The van der Waals surface area contributed by atoms with Gasteiger partial charge in [0.1, 0.15) is 5.56 Å². The first kappa shape index (κ1) is 18.4. The third kappa shape index (κ3) is 2.76. The lowest BCUT2D eigenvalue weighted by molar-refractivity contribution is 0.0517. The van der Waals surface area contributed by atoms with Crippen molar-refractivity contribution in [2.75, 3.05) is 13.2 Å². The summed E-state index contributed by atoms with van der Waals surface area (Å²) in [6, 6.07) is 7.08. The first-order valence-electron chi connectivity index (χ1n) is 8.88. The zero-order valence-electron chi connectivity index (χ0n) is 15.6. The van der Waals surface area contributed by atoms with Crippen LogP contribution in [0.25, 0.3) is 28.0 Å². The summed E-state index contributed by atoms with van der Waals surface area (Å²) in [4.78, 5) is 49.7. The largest absolute Gasteiger partial charge is 0.506 e. The summed E-state index contributed by atoms with van der Waals surface area (Å²) in [5.74, 6) is -2.83. The predicted octanol–water partition coefficient (Wildman–Crippen LogP) is 1.78. The van der Waals surface area contributed by atoms with Crippen LogP contribution in [0.15, 0.2) is 29.1 Å². The molecule has 148 valence electrons. The monoisotopic (exact) mass is 396 g/mol. The van der Waals surface area contributed by atoms with Crippen molar-refractivity contribution in [1.29, 1.82) is 0 Å². The molecule has 3 aromatic heterocycles. The van der Waals surface area contributed by atoms with E-state index >= 15 is 0 Å². The zero-order chi connectivity index (χ0) is 20.7. The highest BCUT2D eigenvalue weighted by Crippen LogP contribution is 2.28. The Balaban J connectivity index is 2.19. The number of hydrogen-bond acceptors (Lipinski definition) is 8. The smallest absolute Gasteiger partial charge is 0.347 e. The van der Waals surface area contributed by atoms with E-state index in [9.17, 15) is 19.5 Å². The summed E-state index contributed by atoms with van der Waals surface area (Å²) in [7, 11) is 0. The van der Waals surface area contributed by atoms with E-state index in [4.69, 9.17) is 9.47 Å². The summed E-state index contributed by atoms with van der Waals surface area (Å²) in [5.41, 5.74) is -0.670. The summed E-state index contributed by atoms with van der Waals surface area (Å²) in [5, 5.41) is 10.6. The molecule has 0 radical (unpaired) electrons. The standard InChI is InChI=1S/C19H16N4O6/c1-3-28-18(26)11-13(24)12(19(27)29-4-2)17(25)23-15(11)22-14-16(23)21-10-8-6-5-7-9(10)20-14/h5-8,24H,3-4H2,1-2H3,(H,20,22). The Morgan fingerprint density at radius 3 is 2.38 bits per heavy atom. The summed E-state index contributed by atoms with van der Waals surface area (Å²) in [6.07, 6.45) is 0. The van der Waals surface area contributed by atoms with Crippen LogP contribution in [-0.4, -0.2) is 49.6 Å². The number of nitrogens with zero attached hydrogens (tertiary/aromatic N) is 3. The fourth-order valence-corrected chi connectivity index (χ4v) is 3.10. The normalized spacial score (nSPS) is 11.2. The van der Waals surface area contributed by atoms with E-state index in [-0.39, 0.29) is 30.2 Å². The van der Waals surface area contributed by atoms with Gasteiger partial charge in [-0.25, -0.2) is 24.0 Å². The minimum atomic E-state index is -1.06. The molecule has 4 rings (SSSR count). The molecule has 0 saturated carbocycles. The van der Waals surface area contributed by atoms with E-state index in [1.165, 1.54) is 0 Å². The number of hydrogen-bond donors (Lipinski definition) is 2. The molecule has 10 nitrogen and oxygen atoms in total. The van der Waals surface area contributed by atoms with Crippen molar-refractivity contribution in [3.05, 3.63) is 45.7 Å². The second kappa shape index (κ2) is 6.89. The van der Waals surface area contributed by atoms with Gasteiger partial charge in [0.25, 0.3) is 5.56 Å². The van der Waals surface area contributed by atoms with E-state index in [0.29, 0.717) is 11.0 Å². The Morgan fingerprint density at radius 1 is 1.03 bits per heavy atom. The fraction of sp³-hybridized carbons (Fsp3) is 0.211. The second-order valence-corrected chi connectivity index (χ2v) is 6.04. The molecular formula is C19H16N4O6. The van der Waals surface area contributed by atoms with Crippen LogP contribution in [-0.2, 0) is 9.47 Å². The number of ether oxygens (including phenoxy) is 2. The number of aromatic amines is 1. The number of carbonyl (C=O) groups is 2. The van der Waals surface area contributed by atoms with Gasteiger partial charge in [0.15, 0.2) is 28.3 Å². The number of aromatic nitrogens is 4. The molecule has 10 heteroatoms. The number of para-hydroxylation sites is 2. The molecule has 2 N–H and O–H groups in total. The molecule has 3 heterocycles. The number of rotatable bonds is 4. The lowest BCUT2D eigenvalue weighted by atomic mass is 10.1. The molecule has 4 aromatic rings. The van der Waals surface area contributed by atoms with Crippen LogP contribution in [0.5, 0.6) is 5.75 Å². The molecule has 0 saturated heterocycles. The molecule has 0 aliphatic rings. The quantitative estimate of drug-likeness (QED) is 0.498. The average Bonchev–Trinajstić information content (AvgIpc) is 3.04. The maximum Gasteiger partial charge on any atom is 0.347 e. The minimum absolute atomic E-state index is 0.0206. The van der Waals surface area contributed by atoms with E-state index in [0.717, 1.165) is 4.40 Å². The van der Waals surface area contributed by atoms with Gasteiger partial charge in [-0.1, -0.05) is 12.1 Å². The van der Waals surface area contributed by atoms with Crippen molar-refractivity contribution in [1.82, 2.24) is 19.4 Å². The Morgan fingerprint density at radius 2 is 1.69 bits per heavy atom. The fourth-order valence-electron chi connectivity index (χ4n) is 3.10. The van der Waals surface area contributed by atoms with Crippen LogP contribution >= 0.6 is 0 Å². The van der Waals surface area contributed by atoms with E-state index in [1.807, 2.05) is 0 Å². The summed E-state index contributed by atoms with van der Waals surface area (Å²) >= 11 is 0. The van der Waals surface area contributed by atoms with Gasteiger partial charge in [-0.05, 0) is 26.0 Å². The third-order valence-corrected chi connectivity index (χ3v) is 4.31. The van der Waals surface area contributed by atoms with Gasteiger partial charge in [-0.15, -0.1) is 0 Å². The highest BCUT2D eigenvalue weighted by atomic mass is 16.5. The Kier molecular flexibility index (Phi) is 4.38. The molecule has 0 fully saturated rings. The average molecular weight is 396 g/mol. The molecular weight excluding hydrogens is 380 g/mol. The van der Waals surface area contributed by atoms with Crippen LogP contribution in [0.3, 0.4) is 0 Å². The van der Waals surface area contributed by atoms with Crippen molar-refractivity contribution in [2.24, 2.45) is 0 Å². The highest BCUT2D eigenvalue weighted by molar-refractivity contribution is 6.05. The summed E-state index contributed by atoms with van der Waals surface area (Å²) in [6.45, 7) is 3.14. The molecule has 0 aliphatic heterocycles. The van der Waals surface area contributed by atoms with Crippen molar-refractivity contribution in [3.63, 3.8) is 0 Å². The van der Waals surface area contributed by atoms with E-state index in [1.54, 1.807) is 38.1 Å². The Labute approximate surface area is 162 Å². The Hall–Kier alpha value is -3.95. The van der Waals surface area contributed by atoms with Crippen molar-refractivity contribution < 1.29 is 24.2 Å². The van der Waals surface area contributed by atoms with Crippen LogP contribution in [0, 0.1) is 0 Å². The van der Waals surface area contributed by atoms with Crippen LogP contribution < -0.4 is 5.56 Å². The van der Waals surface area contributed by atoms with Gasteiger partial charge in [-0.2, -0.15) is 0 Å². The number of fused-ring (bicyclic) bond motifs is 4. The molecule has 0 unspecified atom stereocenters. The Bertz CT molecular complexity index is 1350. The predicted molar refractivity (Wildman–Crippen MR) is 102 cm³/mol. The van der Waals surface area contributed by atoms with Crippen molar-refractivity contribution >= 4 is 39.9 Å². The maximum atomic E-state index is 13.1. The van der Waals surface area contributed by atoms with Gasteiger partial charge in [-0.3, -0.25) is 4.79 Å². The lowest BCUT2D eigenvalue weighted by Gasteiger charge is -2.10. The molecule has 0 bridgehead atoms. The van der Waals surface area contributed by atoms with Gasteiger partial charge in [0.2, 0.25) is 0 Å². The van der Waals surface area contributed by atoms with Gasteiger partial charge < -0.3 is 19.6 Å². The number of H-pyrrole nitrogens is 1. The number of aromatic hydroxyl groups is 1. The SMILES string of the molecule is CCOC(=O)c1c(O)c(C(=O)OCC)c2nc3[nH]c4ccccc4nc3n2c1=O. The third-order valence-electron chi connectivity index (χ3n) is 4.31. The topological polar surface area (TPSA) is 136 Å². The number of benzene rings is 1. The molecule has 29 heavy (non-hydrogen) atoms.